The minimum Gasteiger partial charge on any atom is -0.481 e. The molecule has 13 heteroatoms. The Morgan fingerprint density at radius 1 is 1.10 bits per heavy atom. The van der Waals surface area contributed by atoms with E-state index >= 15 is 0 Å². The quantitative estimate of drug-likeness (QED) is 0.561. The Kier molecular flexibility index (Phi) is 6.69. The number of nitrogens with two attached hydrogens (primary N) is 1. The Balaban J connectivity index is 2.69. The second-order valence-corrected chi connectivity index (χ2v) is 7.56. The summed E-state index contributed by atoms with van der Waals surface area (Å²) in [5.74, 6) is -1.86. The number of methoxy groups -OCH3 is 2. The van der Waals surface area contributed by atoms with E-state index in [0.717, 1.165) is 17.0 Å². The number of anilines is 1. The maximum atomic E-state index is 12.9. The number of carbonyl (C=O) groups is 3. The number of nitrogens with one attached hydrogen (secondary N) is 1. The van der Waals surface area contributed by atoms with Crippen molar-refractivity contribution >= 4 is 34.1 Å². The zero-order chi connectivity index (χ0) is 22.6. The van der Waals surface area contributed by atoms with E-state index in [0.29, 0.717) is 6.29 Å². The Hall–Kier alpha value is -3.58. The van der Waals surface area contributed by atoms with Crippen molar-refractivity contribution < 1.29 is 32.3 Å². The Morgan fingerprint density at radius 2 is 1.67 bits per heavy atom. The number of sulfonamides is 1. The zero-order valence-electron chi connectivity index (χ0n) is 16.5. The number of carbonyl (C=O) groups excluding carboxylic acids is 3. The monoisotopic (exact) mass is 437 g/mol. The molecular weight excluding hydrogens is 418 g/mol. The first kappa shape index (κ1) is 22.7. The highest BCUT2D eigenvalue weighted by atomic mass is 32.2. The predicted octanol–water partition coefficient (Wildman–Crippen LogP) is -0.0922. The van der Waals surface area contributed by atoms with Crippen LogP contribution in [0.1, 0.15) is 31.1 Å². The lowest BCUT2D eigenvalue weighted by Crippen LogP contribution is -2.29. The van der Waals surface area contributed by atoms with E-state index in [1.165, 1.54) is 34.4 Å². The van der Waals surface area contributed by atoms with Gasteiger partial charge in [0.25, 0.3) is 11.8 Å². The summed E-state index contributed by atoms with van der Waals surface area (Å²) < 4.78 is 34.1. The largest absolute Gasteiger partial charge is 0.481 e. The van der Waals surface area contributed by atoms with Crippen molar-refractivity contribution in [1.82, 2.24) is 14.9 Å². The summed E-state index contributed by atoms with van der Waals surface area (Å²) in [5, 5.41) is 7.54. The lowest BCUT2D eigenvalue weighted by atomic mass is 10.0. The SMILES string of the molecule is COc1cc(OC)nc(NC(=O)c2cc(C=O)cc(S(N)(=O)=O)c2C(=O)N(C)C)n1. The maximum absolute atomic E-state index is 12.9. The third-order valence-electron chi connectivity index (χ3n) is 3.75. The van der Waals surface area contributed by atoms with Crippen molar-refractivity contribution in [3.05, 3.63) is 34.9 Å². The number of amides is 2. The molecule has 0 atom stereocenters. The molecule has 0 aliphatic carbocycles. The fraction of sp³-hybridized carbons (Fsp3) is 0.235. The van der Waals surface area contributed by atoms with Gasteiger partial charge in [-0.2, -0.15) is 9.97 Å². The van der Waals surface area contributed by atoms with Crippen LogP contribution in [0, 0.1) is 0 Å². The number of nitrogens with zero attached hydrogens (tertiary/aromatic N) is 3. The van der Waals surface area contributed by atoms with Gasteiger partial charge in [-0.05, 0) is 12.1 Å². The van der Waals surface area contributed by atoms with Crippen LogP contribution in [-0.4, -0.2) is 69.7 Å². The van der Waals surface area contributed by atoms with Gasteiger partial charge in [-0.1, -0.05) is 0 Å². The molecule has 30 heavy (non-hydrogen) atoms. The molecule has 12 nitrogen and oxygen atoms in total. The van der Waals surface area contributed by atoms with Crippen LogP contribution < -0.4 is 19.9 Å². The van der Waals surface area contributed by atoms with Gasteiger partial charge in [-0.15, -0.1) is 0 Å². The van der Waals surface area contributed by atoms with E-state index in [4.69, 9.17) is 14.6 Å². The molecule has 0 saturated carbocycles. The number of rotatable bonds is 7. The lowest BCUT2D eigenvalue weighted by Gasteiger charge is -2.17. The third kappa shape index (κ3) is 4.87. The molecule has 0 aliphatic heterocycles. The average molecular weight is 437 g/mol. The van der Waals surface area contributed by atoms with Gasteiger partial charge in [-0.3, -0.25) is 19.7 Å². The molecule has 3 N–H and O–H groups in total. The number of ether oxygens (including phenoxy) is 2. The number of primary sulfonamides is 1. The average Bonchev–Trinajstić information content (AvgIpc) is 2.70. The van der Waals surface area contributed by atoms with Gasteiger partial charge in [0.15, 0.2) is 0 Å². The summed E-state index contributed by atoms with van der Waals surface area (Å²) >= 11 is 0. The van der Waals surface area contributed by atoms with E-state index in [-0.39, 0.29) is 23.3 Å². The summed E-state index contributed by atoms with van der Waals surface area (Å²) in [4.78, 5) is 45.1. The first-order valence-corrected chi connectivity index (χ1v) is 9.72. The second-order valence-electron chi connectivity index (χ2n) is 6.03. The van der Waals surface area contributed by atoms with E-state index in [9.17, 15) is 22.8 Å². The van der Waals surface area contributed by atoms with Crippen LogP contribution in [0.4, 0.5) is 5.95 Å². The van der Waals surface area contributed by atoms with Crippen molar-refractivity contribution in [2.75, 3.05) is 33.6 Å². The minimum absolute atomic E-state index is 0.0774. The molecule has 0 fully saturated rings. The van der Waals surface area contributed by atoms with Crippen LogP contribution in [-0.2, 0) is 10.0 Å². The van der Waals surface area contributed by atoms with Crippen LogP contribution in [0.15, 0.2) is 23.1 Å². The van der Waals surface area contributed by atoms with Crippen molar-refractivity contribution in [3.8, 4) is 11.8 Å². The van der Waals surface area contributed by atoms with E-state index < -0.39 is 37.9 Å². The van der Waals surface area contributed by atoms with Crippen molar-refractivity contribution in [3.63, 3.8) is 0 Å². The van der Waals surface area contributed by atoms with Crippen LogP contribution in [0.25, 0.3) is 0 Å². The number of aromatic nitrogens is 2. The number of aldehydes is 1. The summed E-state index contributed by atoms with van der Waals surface area (Å²) in [6.07, 6.45) is 0.320. The van der Waals surface area contributed by atoms with E-state index in [1.54, 1.807) is 0 Å². The molecule has 1 heterocycles. The molecule has 0 unspecified atom stereocenters. The van der Waals surface area contributed by atoms with Crippen LogP contribution >= 0.6 is 0 Å². The molecule has 0 bridgehead atoms. The topological polar surface area (TPSA) is 171 Å². The lowest BCUT2D eigenvalue weighted by molar-refractivity contribution is 0.0817. The maximum Gasteiger partial charge on any atom is 0.258 e. The van der Waals surface area contributed by atoms with Gasteiger partial charge in [0.2, 0.25) is 27.7 Å². The van der Waals surface area contributed by atoms with E-state index in [1.807, 2.05) is 0 Å². The first-order valence-electron chi connectivity index (χ1n) is 8.18. The molecule has 2 aromatic rings. The molecule has 1 aromatic heterocycles. The third-order valence-corrected chi connectivity index (χ3v) is 4.69. The second kappa shape index (κ2) is 8.84. The number of hydrogen-bond acceptors (Lipinski definition) is 9. The summed E-state index contributed by atoms with van der Waals surface area (Å²) in [6.45, 7) is 0. The molecule has 0 radical (unpaired) electrons. The predicted molar refractivity (Wildman–Crippen MR) is 104 cm³/mol. The molecule has 1 aromatic carbocycles. The van der Waals surface area contributed by atoms with Gasteiger partial charge in [0, 0.05) is 19.7 Å². The highest BCUT2D eigenvalue weighted by Gasteiger charge is 2.29. The Labute approximate surface area is 172 Å². The van der Waals surface area contributed by atoms with Gasteiger partial charge < -0.3 is 14.4 Å². The van der Waals surface area contributed by atoms with Gasteiger partial charge >= 0.3 is 0 Å². The molecule has 2 rings (SSSR count). The first-order chi connectivity index (χ1) is 14.0. The van der Waals surface area contributed by atoms with E-state index in [2.05, 4.69) is 15.3 Å². The fourth-order valence-electron chi connectivity index (χ4n) is 2.39. The Morgan fingerprint density at radius 3 is 2.10 bits per heavy atom. The molecule has 2 amide bonds. The number of benzene rings is 1. The van der Waals surface area contributed by atoms with Crippen molar-refractivity contribution in [2.24, 2.45) is 5.14 Å². The summed E-state index contributed by atoms with van der Waals surface area (Å²) in [6, 6.07) is 3.34. The van der Waals surface area contributed by atoms with Crippen molar-refractivity contribution in [2.45, 2.75) is 4.90 Å². The molecular formula is C17H19N5O7S. The highest BCUT2D eigenvalue weighted by molar-refractivity contribution is 7.89. The Bertz CT molecular complexity index is 1090. The van der Waals surface area contributed by atoms with Gasteiger partial charge in [-0.25, -0.2) is 13.6 Å². The molecule has 0 saturated heterocycles. The normalized spacial score (nSPS) is 10.8. The van der Waals surface area contributed by atoms with Gasteiger partial charge in [0.1, 0.15) is 6.29 Å². The fourth-order valence-corrected chi connectivity index (χ4v) is 3.17. The standard InChI is InChI=1S/C17H19N5O7S/c1-22(2)16(25)14-10(5-9(8-23)6-11(14)30(18,26)27)15(24)21-17-19-12(28-3)7-13(20-17)29-4/h5-8H,1-4H3,(H2,18,26,27)(H,19,20,21,24). The minimum atomic E-state index is -4.45. The van der Waals surface area contributed by atoms with Crippen LogP contribution in [0.2, 0.25) is 0 Å². The molecule has 160 valence electrons. The zero-order valence-corrected chi connectivity index (χ0v) is 17.3. The smallest absolute Gasteiger partial charge is 0.258 e. The molecule has 0 spiro atoms. The number of hydrogen-bond donors (Lipinski definition) is 2. The summed E-state index contributed by atoms with van der Waals surface area (Å²) in [7, 11) is 0.952. The van der Waals surface area contributed by atoms with Crippen LogP contribution in [0.3, 0.4) is 0 Å². The van der Waals surface area contributed by atoms with Crippen LogP contribution in [0.5, 0.6) is 11.8 Å². The summed E-state index contributed by atoms with van der Waals surface area (Å²) in [5.41, 5.74) is -1.09. The van der Waals surface area contributed by atoms with Gasteiger partial charge in [0.05, 0.1) is 36.3 Å². The highest BCUT2D eigenvalue weighted by Crippen LogP contribution is 2.24. The molecule has 0 aliphatic rings. The van der Waals surface area contributed by atoms with Crippen molar-refractivity contribution in [1.29, 1.82) is 0 Å².